The monoisotopic (exact) mass is 281 g/mol. The molecular weight excluding hydrogens is 266 g/mol. The average Bonchev–Trinajstić information content (AvgIpc) is 2.83. The third-order valence-corrected chi connectivity index (χ3v) is 2.93. The van der Waals surface area contributed by atoms with Gasteiger partial charge >= 0.3 is 0 Å². The predicted molar refractivity (Wildman–Crippen MR) is 72.5 cm³/mol. The van der Waals surface area contributed by atoms with Crippen LogP contribution in [0.3, 0.4) is 0 Å². The number of halogens is 1. The SMILES string of the molecule is COCCNCc1nnnn1-c1ccc(C)cc1Cl. The molecule has 1 N–H and O–H groups in total. The smallest absolute Gasteiger partial charge is 0.170 e. The van der Waals surface area contributed by atoms with Gasteiger partial charge in [0.1, 0.15) is 0 Å². The van der Waals surface area contributed by atoms with E-state index in [9.17, 15) is 0 Å². The summed E-state index contributed by atoms with van der Waals surface area (Å²) >= 11 is 6.22. The second kappa shape index (κ2) is 6.60. The molecule has 0 bridgehead atoms. The van der Waals surface area contributed by atoms with E-state index in [2.05, 4.69) is 20.8 Å². The molecule has 102 valence electrons. The van der Waals surface area contributed by atoms with E-state index in [4.69, 9.17) is 16.3 Å². The van der Waals surface area contributed by atoms with Gasteiger partial charge in [0.2, 0.25) is 0 Å². The Morgan fingerprint density at radius 2 is 2.26 bits per heavy atom. The number of nitrogens with one attached hydrogen (secondary N) is 1. The van der Waals surface area contributed by atoms with Crippen LogP contribution in [0.25, 0.3) is 5.69 Å². The van der Waals surface area contributed by atoms with Crippen LogP contribution in [0, 0.1) is 6.92 Å². The minimum Gasteiger partial charge on any atom is -0.383 e. The maximum Gasteiger partial charge on any atom is 0.170 e. The Hall–Kier alpha value is -1.50. The van der Waals surface area contributed by atoms with Gasteiger partial charge in [-0.15, -0.1) is 5.10 Å². The Labute approximate surface area is 116 Å². The number of hydrogen-bond donors (Lipinski definition) is 1. The summed E-state index contributed by atoms with van der Waals surface area (Å²) in [5, 5.41) is 15.5. The van der Waals surface area contributed by atoms with E-state index in [-0.39, 0.29) is 0 Å². The molecule has 7 heteroatoms. The topological polar surface area (TPSA) is 64.9 Å². The highest BCUT2D eigenvalue weighted by molar-refractivity contribution is 6.32. The van der Waals surface area contributed by atoms with E-state index < -0.39 is 0 Å². The highest BCUT2D eigenvalue weighted by Gasteiger charge is 2.10. The summed E-state index contributed by atoms with van der Waals surface area (Å²) in [5.74, 6) is 0.710. The van der Waals surface area contributed by atoms with E-state index in [1.165, 1.54) is 0 Å². The Balaban J connectivity index is 2.14. The summed E-state index contributed by atoms with van der Waals surface area (Å²) in [6, 6.07) is 5.78. The lowest BCUT2D eigenvalue weighted by Crippen LogP contribution is -2.21. The summed E-state index contributed by atoms with van der Waals surface area (Å²) in [5.41, 5.74) is 1.88. The quantitative estimate of drug-likeness (QED) is 0.810. The number of ether oxygens (including phenoxy) is 1. The molecule has 0 unspecified atom stereocenters. The van der Waals surface area contributed by atoms with Crippen LogP contribution in [-0.4, -0.2) is 40.5 Å². The van der Waals surface area contributed by atoms with Crippen molar-refractivity contribution in [2.45, 2.75) is 13.5 Å². The number of methoxy groups -OCH3 is 1. The zero-order valence-corrected chi connectivity index (χ0v) is 11.7. The molecule has 1 aromatic heterocycles. The molecule has 0 saturated heterocycles. The third kappa shape index (κ3) is 3.50. The molecule has 0 spiro atoms. The minimum absolute atomic E-state index is 0.556. The van der Waals surface area contributed by atoms with Crippen molar-refractivity contribution >= 4 is 11.6 Å². The number of rotatable bonds is 6. The Morgan fingerprint density at radius 1 is 1.42 bits per heavy atom. The fraction of sp³-hybridized carbons (Fsp3) is 0.417. The summed E-state index contributed by atoms with van der Waals surface area (Å²) < 4.78 is 6.61. The van der Waals surface area contributed by atoms with Gasteiger partial charge in [-0.2, -0.15) is 4.68 Å². The number of aryl methyl sites for hydroxylation is 1. The van der Waals surface area contributed by atoms with Crippen LogP contribution in [0.1, 0.15) is 11.4 Å². The number of nitrogens with zero attached hydrogens (tertiary/aromatic N) is 4. The van der Waals surface area contributed by atoms with Crippen molar-refractivity contribution in [2.75, 3.05) is 20.3 Å². The van der Waals surface area contributed by atoms with Crippen molar-refractivity contribution in [2.24, 2.45) is 0 Å². The molecule has 0 aliphatic heterocycles. The Bertz CT molecular complexity index is 543. The first-order valence-electron chi connectivity index (χ1n) is 5.96. The molecule has 6 nitrogen and oxygen atoms in total. The fourth-order valence-corrected chi connectivity index (χ4v) is 1.98. The Kier molecular flexibility index (Phi) is 4.84. The molecule has 0 atom stereocenters. The number of hydrogen-bond acceptors (Lipinski definition) is 5. The first kappa shape index (κ1) is 13.9. The zero-order valence-electron chi connectivity index (χ0n) is 10.9. The van der Waals surface area contributed by atoms with Crippen LogP contribution in [0.15, 0.2) is 18.2 Å². The van der Waals surface area contributed by atoms with Crippen molar-refractivity contribution in [3.63, 3.8) is 0 Å². The van der Waals surface area contributed by atoms with Gasteiger partial charge in [0.15, 0.2) is 5.82 Å². The second-order valence-corrected chi connectivity index (χ2v) is 4.54. The summed E-state index contributed by atoms with van der Waals surface area (Å²) in [6.45, 7) is 3.93. The van der Waals surface area contributed by atoms with E-state index in [0.29, 0.717) is 24.0 Å². The molecule has 0 saturated carbocycles. The molecule has 1 heterocycles. The van der Waals surface area contributed by atoms with E-state index >= 15 is 0 Å². The summed E-state index contributed by atoms with van der Waals surface area (Å²) in [4.78, 5) is 0. The number of aromatic nitrogens is 4. The first-order chi connectivity index (χ1) is 9.22. The van der Waals surface area contributed by atoms with Gasteiger partial charge in [0.05, 0.1) is 23.9 Å². The molecule has 0 fully saturated rings. The van der Waals surface area contributed by atoms with Crippen molar-refractivity contribution in [3.8, 4) is 5.69 Å². The van der Waals surface area contributed by atoms with Gasteiger partial charge < -0.3 is 10.1 Å². The third-order valence-electron chi connectivity index (χ3n) is 2.63. The minimum atomic E-state index is 0.556. The first-order valence-corrected chi connectivity index (χ1v) is 6.33. The van der Waals surface area contributed by atoms with Gasteiger partial charge in [-0.1, -0.05) is 17.7 Å². The normalized spacial score (nSPS) is 10.9. The number of benzene rings is 1. The molecule has 1 aromatic carbocycles. The maximum absolute atomic E-state index is 6.22. The average molecular weight is 282 g/mol. The fourth-order valence-electron chi connectivity index (χ4n) is 1.66. The van der Waals surface area contributed by atoms with Gasteiger partial charge in [0.25, 0.3) is 0 Å². The molecule has 0 amide bonds. The molecule has 0 radical (unpaired) electrons. The molecular formula is C12H16ClN5O. The van der Waals surface area contributed by atoms with Gasteiger partial charge in [-0.3, -0.25) is 0 Å². The van der Waals surface area contributed by atoms with Crippen LogP contribution in [0.4, 0.5) is 0 Å². The Morgan fingerprint density at radius 3 is 3.00 bits per heavy atom. The van der Waals surface area contributed by atoms with E-state index in [0.717, 1.165) is 17.8 Å². The highest BCUT2D eigenvalue weighted by Crippen LogP contribution is 2.21. The van der Waals surface area contributed by atoms with Gasteiger partial charge in [-0.25, -0.2) is 0 Å². The molecule has 2 aromatic rings. The van der Waals surface area contributed by atoms with Crippen molar-refractivity contribution in [1.29, 1.82) is 0 Å². The van der Waals surface area contributed by atoms with Crippen LogP contribution >= 0.6 is 11.6 Å². The summed E-state index contributed by atoms with van der Waals surface area (Å²) in [6.07, 6.45) is 0. The lowest BCUT2D eigenvalue weighted by atomic mass is 10.2. The van der Waals surface area contributed by atoms with Gasteiger partial charge in [-0.05, 0) is 35.0 Å². The van der Waals surface area contributed by atoms with Crippen LogP contribution < -0.4 is 5.32 Å². The van der Waals surface area contributed by atoms with Crippen LogP contribution in [0.5, 0.6) is 0 Å². The van der Waals surface area contributed by atoms with Crippen molar-refractivity contribution in [3.05, 3.63) is 34.6 Å². The molecule has 0 aliphatic rings. The van der Waals surface area contributed by atoms with Crippen molar-refractivity contribution in [1.82, 2.24) is 25.5 Å². The zero-order chi connectivity index (χ0) is 13.7. The second-order valence-electron chi connectivity index (χ2n) is 4.13. The molecule has 19 heavy (non-hydrogen) atoms. The lowest BCUT2D eigenvalue weighted by Gasteiger charge is -2.08. The van der Waals surface area contributed by atoms with E-state index in [1.807, 2.05) is 25.1 Å². The highest BCUT2D eigenvalue weighted by atomic mass is 35.5. The van der Waals surface area contributed by atoms with Crippen LogP contribution in [-0.2, 0) is 11.3 Å². The number of tetrazole rings is 1. The van der Waals surface area contributed by atoms with Crippen LogP contribution in [0.2, 0.25) is 5.02 Å². The largest absolute Gasteiger partial charge is 0.383 e. The standard InChI is InChI=1S/C12H16ClN5O/c1-9-3-4-11(10(13)7-9)18-12(15-16-17-18)8-14-5-6-19-2/h3-4,7,14H,5-6,8H2,1-2H3. The maximum atomic E-state index is 6.22. The lowest BCUT2D eigenvalue weighted by molar-refractivity contribution is 0.199. The summed E-state index contributed by atoms with van der Waals surface area (Å²) in [7, 11) is 1.66. The molecule has 0 aliphatic carbocycles. The predicted octanol–water partition coefficient (Wildman–Crippen LogP) is 1.36. The van der Waals surface area contributed by atoms with Gasteiger partial charge in [0, 0.05) is 13.7 Å². The molecule has 2 rings (SSSR count). The van der Waals surface area contributed by atoms with Crippen molar-refractivity contribution < 1.29 is 4.74 Å². The van der Waals surface area contributed by atoms with E-state index in [1.54, 1.807) is 11.8 Å².